The maximum atomic E-state index is 13.9. The maximum Gasteiger partial charge on any atom is 0.258 e. The summed E-state index contributed by atoms with van der Waals surface area (Å²) in [6, 6.07) is 18.0. The number of fused-ring (bicyclic) bond motifs is 3. The van der Waals surface area contributed by atoms with Crippen molar-refractivity contribution in [1.82, 2.24) is 4.98 Å². The molecule has 0 spiro atoms. The van der Waals surface area contributed by atoms with Crippen molar-refractivity contribution in [3.63, 3.8) is 0 Å². The van der Waals surface area contributed by atoms with E-state index >= 15 is 0 Å². The van der Waals surface area contributed by atoms with E-state index in [4.69, 9.17) is 9.47 Å². The highest BCUT2D eigenvalue weighted by atomic mass is 16.5. The zero-order valence-corrected chi connectivity index (χ0v) is 21.8. The first-order valence-corrected chi connectivity index (χ1v) is 12.9. The highest BCUT2D eigenvalue weighted by Gasteiger charge is 2.50. The molecule has 37 heavy (non-hydrogen) atoms. The van der Waals surface area contributed by atoms with Crippen LogP contribution >= 0.6 is 0 Å². The van der Waals surface area contributed by atoms with Crippen LogP contribution in [0.4, 0.5) is 5.69 Å². The van der Waals surface area contributed by atoms with Crippen molar-refractivity contribution in [2.24, 2.45) is 5.41 Å². The monoisotopic (exact) mass is 495 g/mol. The number of aromatic nitrogens is 1. The van der Waals surface area contributed by atoms with Crippen LogP contribution in [-0.4, -0.2) is 31.7 Å². The van der Waals surface area contributed by atoms with Crippen molar-refractivity contribution >= 4 is 11.6 Å². The van der Waals surface area contributed by atoms with Gasteiger partial charge in [0, 0.05) is 36.3 Å². The standard InChI is InChI=1S/C31H33N3O3/c1-22-20-33-16-9-27(22)29(35)34(25-5-4-6-26(18-25)36-2)21-30-10-13-31(14-11-30,15-12-30)24-7-8-28(37-3)23(17-24)19-32/h4-9,16-18,20H,10-15,21H2,1-3H3. The SMILES string of the molecule is COc1cccc(N(CC23CCC(c4ccc(OC)c(C#N)c4)(CC2)CC3)C(=O)c2ccncc2C)c1. The van der Waals surface area contributed by atoms with Crippen molar-refractivity contribution < 1.29 is 14.3 Å². The van der Waals surface area contributed by atoms with Crippen molar-refractivity contribution in [1.29, 1.82) is 5.26 Å². The Hall–Kier alpha value is -3.85. The zero-order valence-electron chi connectivity index (χ0n) is 21.8. The van der Waals surface area contributed by atoms with Crippen molar-refractivity contribution in [2.75, 3.05) is 25.7 Å². The quantitative estimate of drug-likeness (QED) is 0.389. The van der Waals surface area contributed by atoms with Gasteiger partial charge >= 0.3 is 0 Å². The average molecular weight is 496 g/mol. The molecule has 3 fully saturated rings. The lowest BCUT2D eigenvalue weighted by Crippen LogP contribution is -2.50. The van der Waals surface area contributed by atoms with Crippen LogP contribution in [0.2, 0.25) is 0 Å². The Kier molecular flexibility index (Phi) is 6.64. The molecule has 190 valence electrons. The summed E-state index contributed by atoms with van der Waals surface area (Å²) in [6.07, 6.45) is 9.73. The van der Waals surface area contributed by atoms with Gasteiger partial charge in [0.2, 0.25) is 0 Å². The van der Waals surface area contributed by atoms with Gasteiger partial charge in [0.25, 0.3) is 5.91 Å². The van der Waals surface area contributed by atoms with Gasteiger partial charge in [-0.1, -0.05) is 12.1 Å². The molecule has 1 heterocycles. The summed E-state index contributed by atoms with van der Waals surface area (Å²) < 4.78 is 10.8. The fourth-order valence-electron chi connectivity index (χ4n) is 6.31. The molecule has 0 atom stereocenters. The molecule has 0 unspecified atom stereocenters. The van der Waals surface area contributed by atoms with E-state index in [1.54, 1.807) is 26.6 Å². The molecule has 3 saturated carbocycles. The molecule has 6 rings (SSSR count). The molecule has 6 nitrogen and oxygen atoms in total. The molecular weight excluding hydrogens is 462 g/mol. The molecule has 0 saturated heterocycles. The molecule has 1 amide bonds. The number of amides is 1. The van der Waals surface area contributed by atoms with Crippen molar-refractivity contribution in [3.8, 4) is 17.6 Å². The minimum Gasteiger partial charge on any atom is -0.497 e. The third-order valence-electron chi connectivity index (χ3n) is 8.69. The number of methoxy groups -OCH3 is 2. The number of rotatable bonds is 7. The Bertz CT molecular complexity index is 1340. The molecule has 1 aromatic heterocycles. The van der Waals surface area contributed by atoms with Gasteiger partial charge < -0.3 is 14.4 Å². The molecule has 3 aliphatic rings. The predicted molar refractivity (Wildman–Crippen MR) is 143 cm³/mol. The summed E-state index contributed by atoms with van der Waals surface area (Å²) in [5, 5.41) is 9.61. The Morgan fingerprint density at radius 1 is 1.03 bits per heavy atom. The number of aryl methyl sites for hydroxylation is 1. The molecule has 2 aromatic carbocycles. The Morgan fingerprint density at radius 3 is 2.43 bits per heavy atom. The molecular formula is C31H33N3O3. The average Bonchev–Trinajstić information content (AvgIpc) is 2.96. The molecule has 2 bridgehead atoms. The highest BCUT2D eigenvalue weighted by Crippen LogP contribution is 2.58. The lowest BCUT2D eigenvalue weighted by Gasteiger charge is -2.55. The van der Waals surface area contributed by atoms with E-state index in [0.717, 1.165) is 55.5 Å². The van der Waals surface area contributed by atoms with E-state index in [2.05, 4.69) is 17.1 Å². The van der Waals surface area contributed by atoms with Crippen LogP contribution in [-0.2, 0) is 5.41 Å². The van der Waals surface area contributed by atoms with Crippen LogP contribution in [0.1, 0.15) is 65.6 Å². The number of carbonyl (C=O) groups excluding carboxylic acids is 1. The number of nitrogens with zero attached hydrogens (tertiary/aromatic N) is 3. The van der Waals surface area contributed by atoms with E-state index in [1.165, 1.54) is 5.56 Å². The predicted octanol–water partition coefficient (Wildman–Crippen LogP) is 6.22. The summed E-state index contributed by atoms with van der Waals surface area (Å²) >= 11 is 0. The normalized spacial score (nSPS) is 22.2. The number of ether oxygens (including phenoxy) is 2. The third-order valence-corrected chi connectivity index (χ3v) is 8.69. The smallest absolute Gasteiger partial charge is 0.258 e. The van der Waals surface area contributed by atoms with Gasteiger partial charge in [-0.2, -0.15) is 5.26 Å². The molecule has 3 aromatic rings. The van der Waals surface area contributed by atoms with Gasteiger partial charge in [0.15, 0.2) is 0 Å². The van der Waals surface area contributed by atoms with Crippen LogP contribution in [0.15, 0.2) is 60.9 Å². The van der Waals surface area contributed by atoms with Gasteiger partial charge in [-0.3, -0.25) is 9.78 Å². The second-order valence-electron chi connectivity index (χ2n) is 10.6. The van der Waals surface area contributed by atoms with Gasteiger partial charge in [0.1, 0.15) is 17.6 Å². The summed E-state index contributed by atoms with van der Waals surface area (Å²) in [6.45, 7) is 2.60. The number of anilines is 1. The number of nitriles is 1. The number of hydrogen-bond donors (Lipinski definition) is 0. The van der Waals surface area contributed by atoms with E-state index in [-0.39, 0.29) is 16.7 Å². The van der Waals surface area contributed by atoms with Gasteiger partial charge in [-0.05, 0) is 97.7 Å². The van der Waals surface area contributed by atoms with Crippen LogP contribution in [0.25, 0.3) is 0 Å². The fraction of sp³-hybridized carbons (Fsp3) is 0.387. The number of pyridine rings is 1. The summed E-state index contributed by atoms with van der Waals surface area (Å²) in [7, 11) is 3.25. The Morgan fingerprint density at radius 2 is 1.78 bits per heavy atom. The topological polar surface area (TPSA) is 75.5 Å². The highest BCUT2D eigenvalue weighted by molar-refractivity contribution is 6.07. The molecule has 0 aliphatic heterocycles. The first kappa shape index (κ1) is 24.8. The largest absolute Gasteiger partial charge is 0.497 e. The lowest BCUT2D eigenvalue weighted by atomic mass is 9.51. The van der Waals surface area contributed by atoms with Crippen LogP contribution in [0, 0.1) is 23.7 Å². The first-order valence-electron chi connectivity index (χ1n) is 12.9. The summed E-state index contributed by atoms with van der Waals surface area (Å²) in [5.41, 5.74) is 4.39. The van der Waals surface area contributed by atoms with Gasteiger partial charge in [-0.15, -0.1) is 0 Å². The zero-order chi connectivity index (χ0) is 26.0. The van der Waals surface area contributed by atoms with Gasteiger partial charge in [-0.25, -0.2) is 0 Å². The second kappa shape index (κ2) is 9.89. The van der Waals surface area contributed by atoms with E-state index in [1.807, 2.05) is 54.3 Å². The van der Waals surface area contributed by atoms with Crippen LogP contribution in [0.3, 0.4) is 0 Å². The molecule has 3 aliphatic carbocycles. The van der Waals surface area contributed by atoms with Crippen LogP contribution in [0.5, 0.6) is 11.5 Å². The van der Waals surface area contributed by atoms with E-state index in [0.29, 0.717) is 23.4 Å². The minimum atomic E-state index is -0.00115. The molecule has 0 radical (unpaired) electrons. The summed E-state index contributed by atoms with van der Waals surface area (Å²) in [4.78, 5) is 20.1. The first-order chi connectivity index (χ1) is 17.9. The van der Waals surface area contributed by atoms with Crippen LogP contribution < -0.4 is 14.4 Å². The number of hydrogen-bond acceptors (Lipinski definition) is 5. The van der Waals surface area contributed by atoms with E-state index in [9.17, 15) is 10.1 Å². The van der Waals surface area contributed by atoms with Crippen molar-refractivity contribution in [2.45, 2.75) is 50.9 Å². The Balaban J connectivity index is 1.43. The Labute approximate surface area is 218 Å². The number of carbonyl (C=O) groups is 1. The van der Waals surface area contributed by atoms with Crippen molar-refractivity contribution in [3.05, 3.63) is 83.2 Å². The fourth-order valence-corrected chi connectivity index (χ4v) is 6.31. The second-order valence-corrected chi connectivity index (χ2v) is 10.6. The lowest BCUT2D eigenvalue weighted by molar-refractivity contribution is 0.0441. The van der Waals surface area contributed by atoms with Gasteiger partial charge in [0.05, 0.1) is 19.8 Å². The molecule has 6 heteroatoms. The summed E-state index contributed by atoms with van der Waals surface area (Å²) in [5.74, 6) is 1.36. The van der Waals surface area contributed by atoms with E-state index < -0.39 is 0 Å². The minimum absolute atomic E-state index is 0.00115. The number of benzene rings is 2. The third kappa shape index (κ3) is 4.55. The molecule has 0 N–H and O–H groups in total. The maximum absolute atomic E-state index is 13.9.